The molecule has 0 amide bonds. The number of anilines is 1. The number of aromatic carboxylic acids is 1. The van der Waals surface area contributed by atoms with Crippen LogP contribution in [0.25, 0.3) is 0 Å². The molecule has 0 aliphatic carbocycles. The molecule has 1 aromatic carbocycles. The van der Waals surface area contributed by atoms with Crippen molar-refractivity contribution in [2.24, 2.45) is 5.92 Å². The molecule has 128 valence electrons. The monoisotopic (exact) mass is 337 g/mol. The molecule has 1 aliphatic heterocycles. The first kappa shape index (κ1) is 17.5. The molecule has 2 rings (SSSR count). The summed E-state index contributed by atoms with van der Waals surface area (Å²) in [6.45, 7) is 2.20. The van der Waals surface area contributed by atoms with Crippen LogP contribution < -0.4 is 4.90 Å². The summed E-state index contributed by atoms with van der Waals surface area (Å²) < 4.78 is 65.9. The average molecular weight is 337 g/mol. The van der Waals surface area contributed by atoms with Crippen molar-refractivity contribution in [3.05, 3.63) is 28.8 Å². The molecule has 0 spiro atoms. The largest absolute Gasteiger partial charge is 0.478 e. The van der Waals surface area contributed by atoms with E-state index in [4.69, 9.17) is 0 Å². The van der Waals surface area contributed by atoms with Crippen LogP contribution in [0.2, 0.25) is 0 Å². The number of benzene rings is 1. The highest BCUT2D eigenvalue weighted by atomic mass is 19.4. The molecule has 23 heavy (non-hydrogen) atoms. The van der Waals surface area contributed by atoms with Gasteiger partial charge in [-0.1, -0.05) is 6.92 Å². The van der Waals surface area contributed by atoms with Gasteiger partial charge in [-0.25, -0.2) is 13.6 Å². The van der Waals surface area contributed by atoms with Crippen LogP contribution in [0, 0.1) is 12.8 Å². The standard InChI is InChI=1S/C15H16F5NO2/c1-8-7-21(6-5-14(8,16)17)11-4-3-10(15(18,19)20)9(2)12(11)13(22)23/h3-4,8H,5-7H2,1-2H3,(H,22,23). The summed E-state index contributed by atoms with van der Waals surface area (Å²) in [5, 5.41) is 9.29. The number of rotatable bonds is 2. The number of halogens is 5. The SMILES string of the molecule is Cc1c(C(F)(F)F)ccc(N2CCC(F)(F)C(C)C2)c1C(=O)O. The highest BCUT2D eigenvalue weighted by Gasteiger charge is 2.42. The van der Waals surface area contributed by atoms with Crippen LogP contribution in [0.15, 0.2) is 12.1 Å². The van der Waals surface area contributed by atoms with Crippen molar-refractivity contribution in [1.29, 1.82) is 0 Å². The third-order valence-corrected chi connectivity index (χ3v) is 4.23. The average Bonchev–Trinajstić information content (AvgIpc) is 2.39. The van der Waals surface area contributed by atoms with Crippen LogP contribution >= 0.6 is 0 Å². The van der Waals surface area contributed by atoms with Crippen molar-refractivity contribution in [3.8, 4) is 0 Å². The van der Waals surface area contributed by atoms with Crippen LogP contribution in [-0.4, -0.2) is 30.1 Å². The zero-order valence-electron chi connectivity index (χ0n) is 12.5. The van der Waals surface area contributed by atoms with Gasteiger partial charge in [0.2, 0.25) is 0 Å². The van der Waals surface area contributed by atoms with Crippen molar-refractivity contribution >= 4 is 11.7 Å². The lowest BCUT2D eigenvalue weighted by atomic mass is 9.93. The Bertz CT molecular complexity index is 627. The summed E-state index contributed by atoms with van der Waals surface area (Å²) in [6, 6.07) is 1.85. The third kappa shape index (κ3) is 3.25. The second-order valence-corrected chi connectivity index (χ2v) is 5.79. The molecule has 1 aliphatic rings. The Balaban J connectivity index is 2.48. The molecule has 1 saturated heterocycles. The number of hydrogen-bond acceptors (Lipinski definition) is 2. The summed E-state index contributed by atoms with van der Waals surface area (Å²) >= 11 is 0. The summed E-state index contributed by atoms with van der Waals surface area (Å²) in [5.41, 5.74) is -1.89. The molecule has 1 N–H and O–H groups in total. The van der Waals surface area contributed by atoms with E-state index in [1.165, 1.54) is 11.8 Å². The van der Waals surface area contributed by atoms with E-state index in [0.717, 1.165) is 19.1 Å². The topological polar surface area (TPSA) is 40.5 Å². The van der Waals surface area contributed by atoms with Crippen LogP contribution in [-0.2, 0) is 6.18 Å². The number of alkyl halides is 5. The van der Waals surface area contributed by atoms with Crippen molar-refractivity contribution in [2.45, 2.75) is 32.4 Å². The second kappa shape index (κ2) is 5.65. The van der Waals surface area contributed by atoms with Crippen molar-refractivity contribution in [3.63, 3.8) is 0 Å². The molecule has 1 fully saturated rings. The summed E-state index contributed by atoms with van der Waals surface area (Å²) in [5.74, 6) is -5.38. The molecular formula is C15H16F5NO2. The van der Waals surface area contributed by atoms with Crippen molar-refractivity contribution in [2.75, 3.05) is 18.0 Å². The smallest absolute Gasteiger partial charge is 0.416 e. The van der Waals surface area contributed by atoms with Crippen LogP contribution in [0.5, 0.6) is 0 Å². The number of carbonyl (C=O) groups is 1. The molecule has 1 aromatic rings. The van der Waals surface area contributed by atoms with Crippen LogP contribution in [0.3, 0.4) is 0 Å². The van der Waals surface area contributed by atoms with Gasteiger partial charge in [-0.05, 0) is 24.6 Å². The first-order valence-corrected chi connectivity index (χ1v) is 7.02. The lowest BCUT2D eigenvalue weighted by Crippen LogP contribution is -2.46. The van der Waals surface area contributed by atoms with E-state index in [0.29, 0.717) is 0 Å². The Morgan fingerprint density at radius 2 is 1.96 bits per heavy atom. The zero-order chi connectivity index (χ0) is 17.6. The van der Waals surface area contributed by atoms with Gasteiger partial charge in [0, 0.05) is 25.4 Å². The lowest BCUT2D eigenvalue weighted by molar-refractivity contribution is -0.138. The van der Waals surface area contributed by atoms with Crippen molar-refractivity contribution in [1.82, 2.24) is 0 Å². The summed E-state index contributed by atoms with van der Waals surface area (Å²) in [4.78, 5) is 12.8. The summed E-state index contributed by atoms with van der Waals surface area (Å²) in [7, 11) is 0. The van der Waals surface area contributed by atoms with Crippen LogP contribution in [0.4, 0.5) is 27.6 Å². The maximum Gasteiger partial charge on any atom is 0.416 e. The first-order chi connectivity index (χ1) is 10.4. The fraction of sp³-hybridized carbons (Fsp3) is 0.533. The minimum Gasteiger partial charge on any atom is -0.478 e. The van der Waals surface area contributed by atoms with E-state index in [1.807, 2.05) is 0 Å². The van der Waals surface area contributed by atoms with Gasteiger partial charge < -0.3 is 10.0 Å². The van der Waals surface area contributed by atoms with Gasteiger partial charge in [0.05, 0.1) is 16.8 Å². The molecule has 1 atom stereocenters. The van der Waals surface area contributed by atoms with Gasteiger partial charge in [0.1, 0.15) is 0 Å². The number of nitrogens with zero attached hydrogens (tertiary/aromatic N) is 1. The van der Waals surface area contributed by atoms with Gasteiger partial charge in [-0.3, -0.25) is 0 Å². The van der Waals surface area contributed by atoms with Gasteiger partial charge in [0.25, 0.3) is 5.92 Å². The Labute approximate surface area is 129 Å². The number of piperidine rings is 1. The predicted molar refractivity (Wildman–Crippen MR) is 74.1 cm³/mol. The molecule has 3 nitrogen and oxygen atoms in total. The molecule has 0 radical (unpaired) electrons. The maximum absolute atomic E-state index is 13.6. The highest BCUT2D eigenvalue weighted by Crippen LogP contribution is 2.40. The fourth-order valence-electron chi connectivity index (χ4n) is 2.84. The Kier molecular flexibility index (Phi) is 4.30. The van der Waals surface area contributed by atoms with Gasteiger partial charge >= 0.3 is 12.1 Å². The molecule has 0 saturated carbocycles. The normalized spacial score (nSPS) is 21.3. The molecule has 0 bridgehead atoms. The number of carboxylic acid groups (broad SMARTS) is 1. The quantitative estimate of drug-likeness (QED) is 0.823. The number of carboxylic acids is 1. The first-order valence-electron chi connectivity index (χ1n) is 7.02. The summed E-state index contributed by atoms with van der Waals surface area (Å²) in [6.07, 6.45) is -5.14. The minimum absolute atomic E-state index is 0.0466. The van der Waals surface area contributed by atoms with E-state index >= 15 is 0 Å². The van der Waals surface area contributed by atoms with E-state index in [9.17, 15) is 31.9 Å². The molecule has 1 heterocycles. The second-order valence-electron chi connectivity index (χ2n) is 5.79. The van der Waals surface area contributed by atoms with E-state index in [-0.39, 0.29) is 18.8 Å². The molecule has 1 unspecified atom stereocenters. The lowest BCUT2D eigenvalue weighted by Gasteiger charge is -2.38. The predicted octanol–water partition coefficient (Wildman–Crippen LogP) is 4.19. The van der Waals surface area contributed by atoms with Crippen molar-refractivity contribution < 1.29 is 31.9 Å². The zero-order valence-corrected chi connectivity index (χ0v) is 12.5. The number of hydrogen-bond donors (Lipinski definition) is 1. The maximum atomic E-state index is 13.6. The van der Waals surface area contributed by atoms with E-state index in [2.05, 4.69) is 0 Å². The fourth-order valence-corrected chi connectivity index (χ4v) is 2.84. The van der Waals surface area contributed by atoms with Crippen LogP contribution in [0.1, 0.15) is 34.8 Å². The Morgan fingerprint density at radius 3 is 2.43 bits per heavy atom. The Hall–Kier alpha value is -1.86. The molecule has 0 aromatic heterocycles. The highest BCUT2D eigenvalue weighted by molar-refractivity contribution is 5.96. The van der Waals surface area contributed by atoms with E-state index in [1.54, 1.807) is 0 Å². The van der Waals surface area contributed by atoms with E-state index < -0.39 is 47.1 Å². The molecular weight excluding hydrogens is 321 g/mol. The third-order valence-electron chi connectivity index (χ3n) is 4.23. The van der Waals surface area contributed by atoms with Gasteiger partial charge in [-0.2, -0.15) is 13.2 Å². The van der Waals surface area contributed by atoms with Gasteiger partial charge in [-0.15, -0.1) is 0 Å². The molecule has 8 heteroatoms. The minimum atomic E-state index is -4.67. The Morgan fingerprint density at radius 1 is 1.35 bits per heavy atom. The van der Waals surface area contributed by atoms with Gasteiger partial charge in [0.15, 0.2) is 0 Å².